The van der Waals surface area contributed by atoms with E-state index in [0.717, 1.165) is 17.6 Å². The first-order valence-corrected chi connectivity index (χ1v) is 12.6. The van der Waals surface area contributed by atoms with Crippen molar-refractivity contribution in [2.45, 2.75) is 24.8 Å². The highest BCUT2D eigenvalue weighted by molar-refractivity contribution is 7.90. The number of thiazole rings is 1. The smallest absolute Gasteiger partial charge is 0.326 e. The van der Waals surface area contributed by atoms with E-state index in [4.69, 9.17) is 14.2 Å². The van der Waals surface area contributed by atoms with Crippen molar-refractivity contribution in [3.8, 4) is 11.5 Å². The largest absolute Gasteiger partial charge is 0.493 e. The Balaban J connectivity index is 2.03. The molecule has 0 saturated heterocycles. The number of carbonyl (C=O) groups excluding carboxylic acids is 2. The molecule has 0 unspecified atom stereocenters. The van der Waals surface area contributed by atoms with Crippen LogP contribution in [0, 0.1) is 0 Å². The van der Waals surface area contributed by atoms with Gasteiger partial charge in [0.1, 0.15) is 6.54 Å². The van der Waals surface area contributed by atoms with Crippen molar-refractivity contribution in [3.63, 3.8) is 0 Å². The minimum Gasteiger partial charge on any atom is -0.493 e. The molecule has 3 rings (SSSR count). The van der Waals surface area contributed by atoms with Gasteiger partial charge < -0.3 is 18.8 Å². The van der Waals surface area contributed by atoms with Crippen molar-refractivity contribution in [3.05, 3.63) is 46.8 Å². The second-order valence-corrected chi connectivity index (χ2v) is 10.1. The van der Waals surface area contributed by atoms with E-state index < -0.39 is 21.7 Å². The van der Waals surface area contributed by atoms with E-state index in [1.165, 1.54) is 26.4 Å². The Morgan fingerprint density at radius 2 is 1.79 bits per heavy atom. The number of sulfone groups is 1. The van der Waals surface area contributed by atoms with E-state index in [9.17, 15) is 18.0 Å². The molecule has 0 aliphatic carbocycles. The highest BCUT2D eigenvalue weighted by Crippen LogP contribution is 2.28. The lowest BCUT2D eigenvalue weighted by Crippen LogP contribution is -2.23. The summed E-state index contributed by atoms with van der Waals surface area (Å²) < 4.78 is 41.5. The van der Waals surface area contributed by atoms with Crippen LogP contribution in [-0.2, 0) is 37.1 Å². The number of amides is 1. The highest BCUT2D eigenvalue weighted by Gasteiger charge is 2.16. The van der Waals surface area contributed by atoms with Crippen molar-refractivity contribution >= 4 is 43.3 Å². The van der Waals surface area contributed by atoms with E-state index in [1.807, 2.05) is 0 Å². The van der Waals surface area contributed by atoms with Crippen LogP contribution in [0.1, 0.15) is 12.5 Å². The molecule has 1 amide bonds. The number of methoxy groups -OCH3 is 2. The second-order valence-electron chi connectivity index (χ2n) is 7.05. The average molecular weight is 493 g/mol. The molecule has 1 aromatic heterocycles. The minimum atomic E-state index is -3.42. The quantitative estimate of drug-likeness (QED) is 0.444. The molecule has 1 heterocycles. The fraction of sp³-hybridized carbons (Fsp3) is 0.318. The summed E-state index contributed by atoms with van der Waals surface area (Å²) in [6, 6.07) is 9.71. The van der Waals surface area contributed by atoms with E-state index >= 15 is 0 Å². The van der Waals surface area contributed by atoms with Crippen molar-refractivity contribution in [1.82, 2.24) is 4.57 Å². The molecule has 0 fully saturated rings. The summed E-state index contributed by atoms with van der Waals surface area (Å²) in [5.74, 6) is 0.118. The summed E-state index contributed by atoms with van der Waals surface area (Å²) in [5.41, 5.74) is 1.26. The molecule has 0 atom stereocenters. The molecule has 0 aliphatic heterocycles. The van der Waals surface area contributed by atoms with Crippen LogP contribution in [0.5, 0.6) is 11.5 Å². The number of esters is 1. The molecule has 176 valence electrons. The van der Waals surface area contributed by atoms with Gasteiger partial charge in [0.25, 0.3) is 5.91 Å². The normalized spacial score (nSPS) is 12.1. The first kappa shape index (κ1) is 24.5. The number of fused-ring (bicyclic) bond motifs is 1. The fourth-order valence-corrected chi connectivity index (χ4v) is 4.98. The molecule has 0 spiro atoms. The Morgan fingerprint density at radius 1 is 1.06 bits per heavy atom. The van der Waals surface area contributed by atoms with Crippen LogP contribution >= 0.6 is 11.3 Å². The number of rotatable bonds is 8. The topological polar surface area (TPSA) is 113 Å². The molecule has 11 heteroatoms. The van der Waals surface area contributed by atoms with Crippen LogP contribution in [0.25, 0.3) is 10.2 Å². The van der Waals surface area contributed by atoms with Crippen LogP contribution in [-0.4, -0.2) is 51.9 Å². The average Bonchev–Trinajstić information content (AvgIpc) is 3.09. The van der Waals surface area contributed by atoms with E-state index in [0.29, 0.717) is 27.3 Å². The predicted molar refractivity (Wildman–Crippen MR) is 123 cm³/mol. The lowest BCUT2D eigenvalue weighted by molar-refractivity contribution is -0.143. The number of aromatic nitrogens is 1. The number of hydrogen-bond donors (Lipinski definition) is 0. The molecule has 3 aromatic rings. The fourth-order valence-electron chi connectivity index (χ4n) is 3.17. The van der Waals surface area contributed by atoms with Crippen molar-refractivity contribution in [2.75, 3.05) is 27.1 Å². The lowest BCUT2D eigenvalue weighted by atomic mass is 10.1. The van der Waals surface area contributed by atoms with Crippen LogP contribution in [0.2, 0.25) is 0 Å². The Bertz CT molecular complexity index is 1370. The summed E-state index contributed by atoms with van der Waals surface area (Å²) in [7, 11) is -0.387. The molecule has 0 saturated carbocycles. The molecule has 0 radical (unpaired) electrons. The predicted octanol–water partition coefficient (Wildman–Crippen LogP) is 2.36. The molecular formula is C22H24N2O7S2. The number of nitrogens with zero attached hydrogens (tertiary/aromatic N) is 2. The van der Waals surface area contributed by atoms with Crippen molar-refractivity contribution in [1.29, 1.82) is 0 Å². The maximum absolute atomic E-state index is 12.7. The van der Waals surface area contributed by atoms with E-state index in [-0.39, 0.29) is 29.3 Å². The summed E-state index contributed by atoms with van der Waals surface area (Å²) in [5, 5.41) is 0. The summed E-state index contributed by atoms with van der Waals surface area (Å²) >= 11 is 1.13. The zero-order valence-corrected chi connectivity index (χ0v) is 20.3. The van der Waals surface area contributed by atoms with Crippen LogP contribution in [0.15, 0.2) is 46.3 Å². The Hall–Kier alpha value is -3.18. The van der Waals surface area contributed by atoms with Gasteiger partial charge in [0, 0.05) is 6.26 Å². The molecule has 9 nitrogen and oxygen atoms in total. The number of benzene rings is 2. The van der Waals surface area contributed by atoms with Gasteiger partial charge in [0.05, 0.1) is 42.4 Å². The van der Waals surface area contributed by atoms with Gasteiger partial charge in [-0.15, -0.1) is 0 Å². The minimum absolute atomic E-state index is 0.00257. The third-order valence-electron chi connectivity index (χ3n) is 4.70. The highest BCUT2D eigenvalue weighted by atomic mass is 32.2. The monoisotopic (exact) mass is 492 g/mol. The van der Waals surface area contributed by atoms with Crippen LogP contribution < -0.4 is 14.3 Å². The zero-order valence-electron chi connectivity index (χ0n) is 18.7. The molecule has 2 aromatic carbocycles. The van der Waals surface area contributed by atoms with Crippen molar-refractivity contribution < 1.29 is 32.2 Å². The third kappa shape index (κ3) is 5.79. The summed E-state index contributed by atoms with van der Waals surface area (Å²) in [6.07, 6.45) is 1.12. The van der Waals surface area contributed by atoms with Gasteiger partial charge in [-0.05, 0) is 42.8 Å². The first-order valence-electron chi connectivity index (χ1n) is 9.93. The first-order chi connectivity index (χ1) is 15.7. The van der Waals surface area contributed by atoms with E-state index in [2.05, 4.69) is 4.99 Å². The van der Waals surface area contributed by atoms with Crippen LogP contribution in [0.4, 0.5) is 0 Å². The molecule has 0 bridgehead atoms. The zero-order chi connectivity index (χ0) is 24.2. The van der Waals surface area contributed by atoms with Gasteiger partial charge in [-0.3, -0.25) is 9.59 Å². The SMILES string of the molecule is CCOC(=O)Cn1c(=NC(=O)Cc2ccc(OC)c(OC)c2)sc2cc(S(C)(=O)=O)ccc21. The summed E-state index contributed by atoms with van der Waals surface area (Å²) in [4.78, 5) is 29.5. The summed E-state index contributed by atoms with van der Waals surface area (Å²) in [6.45, 7) is 1.75. The molecule has 33 heavy (non-hydrogen) atoms. The standard InChI is InChI=1S/C22H24N2O7S2/c1-5-31-21(26)13-24-16-8-7-15(33(4,27)28)12-19(16)32-22(24)23-20(25)11-14-6-9-17(29-2)18(10-14)30-3/h6-10,12H,5,11,13H2,1-4H3. The maximum atomic E-state index is 12.7. The number of hydrogen-bond acceptors (Lipinski definition) is 8. The Morgan fingerprint density at radius 3 is 2.42 bits per heavy atom. The van der Waals surface area contributed by atoms with Crippen molar-refractivity contribution in [2.24, 2.45) is 4.99 Å². The van der Waals surface area contributed by atoms with Gasteiger partial charge in [0.2, 0.25) is 0 Å². The molecular weight excluding hydrogens is 468 g/mol. The van der Waals surface area contributed by atoms with Crippen LogP contribution in [0.3, 0.4) is 0 Å². The van der Waals surface area contributed by atoms with E-state index in [1.54, 1.807) is 35.8 Å². The van der Waals surface area contributed by atoms with Gasteiger partial charge in [0.15, 0.2) is 26.1 Å². The Labute approximate surface area is 195 Å². The van der Waals surface area contributed by atoms with Gasteiger partial charge in [-0.2, -0.15) is 4.99 Å². The molecule has 0 N–H and O–H groups in total. The Kier molecular flexibility index (Phi) is 7.54. The lowest BCUT2D eigenvalue weighted by Gasteiger charge is -2.08. The second kappa shape index (κ2) is 10.2. The number of ether oxygens (including phenoxy) is 3. The molecule has 0 aliphatic rings. The van der Waals surface area contributed by atoms with Gasteiger partial charge >= 0.3 is 5.97 Å². The maximum Gasteiger partial charge on any atom is 0.326 e. The third-order valence-corrected chi connectivity index (χ3v) is 6.85. The number of carbonyl (C=O) groups is 2. The van der Waals surface area contributed by atoms with Gasteiger partial charge in [-0.25, -0.2) is 8.42 Å². The van der Waals surface area contributed by atoms with Gasteiger partial charge in [-0.1, -0.05) is 17.4 Å².